The van der Waals surface area contributed by atoms with Gasteiger partial charge in [-0.25, -0.2) is 0 Å². The second-order valence-corrected chi connectivity index (χ2v) is 7.01. The van der Waals surface area contributed by atoms with E-state index in [4.69, 9.17) is 5.11 Å². The lowest BCUT2D eigenvalue weighted by Gasteiger charge is -2.36. The fourth-order valence-corrected chi connectivity index (χ4v) is 3.84. The van der Waals surface area contributed by atoms with Crippen molar-refractivity contribution in [3.05, 3.63) is 41.6 Å². The summed E-state index contributed by atoms with van der Waals surface area (Å²) in [5, 5.41) is 8.91. The number of hydrogen-bond acceptors (Lipinski definition) is 3. The highest BCUT2D eigenvalue weighted by Crippen LogP contribution is 2.33. The molecule has 2 amide bonds. The maximum atomic E-state index is 12.8. The van der Waals surface area contributed by atoms with E-state index in [1.54, 1.807) is 16.0 Å². The predicted octanol–water partition coefficient (Wildman–Crippen LogP) is 2.66. The van der Waals surface area contributed by atoms with E-state index in [-0.39, 0.29) is 36.6 Å². The molecule has 0 radical (unpaired) electrons. The molecule has 1 unspecified atom stereocenters. The van der Waals surface area contributed by atoms with Crippen molar-refractivity contribution < 1.29 is 19.5 Å². The number of rotatable bonds is 4. The first kappa shape index (κ1) is 18.2. The Bertz CT molecular complexity index is 735. The van der Waals surface area contributed by atoms with E-state index in [9.17, 15) is 14.4 Å². The lowest BCUT2D eigenvalue weighted by Crippen LogP contribution is -2.41. The summed E-state index contributed by atoms with van der Waals surface area (Å²) in [5.41, 5.74) is 2.02. The highest BCUT2D eigenvalue weighted by Gasteiger charge is 2.31. The highest BCUT2D eigenvalue weighted by molar-refractivity contribution is 5.82. The minimum atomic E-state index is -0.780. The number of amides is 2. The van der Waals surface area contributed by atoms with Crippen LogP contribution < -0.4 is 0 Å². The van der Waals surface area contributed by atoms with Gasteiger partial charge in [-0.2, -0.15) is 0 Å². The van der Waals surface area contributed by atoms with Gasteiger partial charge in [-0.15, -0.1) is 0 Å². The van der Waals surface area contributed by atoms with Crippen LogP contribution in [0.15, 0.2) is 30.5 Å². The van der Waals surface area contributed by atoms with Crippen LogP contribution in [0, 0.1) is 5.92 Å². The van der Waals surface area contributed by atoms with Crippen molar-refractivity contribution in [2.45, 2.75) is 38.6 Å². The molecule has 1 atom stereocenters. The zero-order valence-corrected chi connectivity index (χ0v) is 14.9. The zero-order valence-electron chi connectivity index (χ0n) is 14.9. The van der Waals surface area contributed by atoms with Crippen LogP contribution in [-0.4, -0.2) is 45.8 Å². The SMILES string of the molecule is CC(=O)N1C=Cc2ccccc2C1CC(=O)N1CCC(CC(=O)O)CC1. The van der Waals surface area contributed by atoms with E-state index >= 15 is 0 Å². The molecule has 26 heavy (non-hydrogen) atoms. The molecule has 1 saturated heterocycles. The molecule has 3 rings (SSSR count). The van der Waals surface area contributed by atoms with Crippen LogP contribution in [0.25, 0.3) is 6.08 Å². The van der Waals surface area contributed by atoms with Gasteiger partial charge in [-0.3, -0.25) is 14.4 Å². The molecule has 0 aromatic heterocycles. The molecule has 138 valence electrons. The lowest BCUT2D eigenvalue weighted by atomic mass is 9.91. The lowest BCUT2D eigenvalue weighted by molar-refractivity contribution is -0.138. The monoisotopic (exact) mass is 356 g/mol. The molecule has 0 aliphatic carbocycles. The maximum Gasteiger partial charge on any atom is 0.303 e. The summed E-state index contributed by atoms with van der Waals surface area (Å²) in [6.45, 7) is 2.68. The number of piperidine rings is 1. The molecule has 1 fully saturated rings. The van der Waals surface area contributed by atoms with E-state index in [2.05, 4.69) is 0 Å². The fraction of sp³-hybridized carbons (Fsp3) is 0.450. The Kier molecular flexibility index (Phi) is 5.40. The third-order valence-corrected chi connectivity index (χ3v) is 5.27. The van der Waals surface area contributed by atoms with Gasteiger partial charge < -0.3 is 14.9 Å². The number of nitrogens with zero attached hydrogens (tertiary/aromatic N) is 2. The molecule has 6 heteroatoms. The van der Waals surface area contributed by atoms with Crippen LogP contribution in [0.5, 0.6) is 0 Å². The molecule has 1 aromatic carbocycles. The zero-order chi connectivity index (χ0) is 18.7. The van der Waals surface area contributed by atoms with Gasteiger partial charge in [-0.1, -0.05) is 24.3 Å². The normalized spacial score (nSPS) is 20.0. The number of hydrogen-bond donors (Lipinski definition) is 1. The van der Waals surface area contributed by atoms with Crippen molar-refractivity contribution in [2.75, 3.05) is 13.1 Å². The summed E-state index contributed by atoms with van der Waals surface area (Å²) in [6, 6.07) is 7.52. The molecule has 0 saturated carbocycles. The number of carbonyl (C=O) groups excluding carboxylic acids is 2. The molecule has 2 aliphatic rings. The molecule has 6 nitrogen and oxygen atoms in total. The largest absolute Gasteiger partial charge is 0.481 e. The van der Waals surface area contributed by atoms with E-state index in [0.29, 0.717) is 13.1 Å². The van der Waals surface area contributed by atoms with E-state index in [0.717, 1.165) is 24.0 Å². The van der Waals surface area contributed by atoms with Crippen molar-refractivity contribution in [1.29, 1.82) is 0 Å². The number of fused-ring (bicyclic) bond motifs is 1. The number of likely N-dealkylation sites (tertiary alicyclic amines) is 1. The summed E-state index contributed by atoms with van der Waals surface area (Å²) in [5.74, 6) is -0.713. The summed E-state index contributed by atoms with van der Waals surface area (Å²) < 4.78 is 0. The van der Waals surface area contributed by atoms with Gasteiger partial charge in [0.15, 0.2) is 0 Å². The molecule has 1 N–H and O–H groups in total. The Morgan fingerprint density at radius 2 is 1.81 bits per heavy atom. The molecule has 0 bridgehead atoms. The van der Waals surface area contributed by atoms with Crippen molar-refractivity contribution >= 4 is 23.9 Å². The Balaban J connectivity index is 1.68. The number of carbonyl (C=O) groups is 3. The first-order valence-electron chi connectivity index (χ1n) is 9.01. The van der Waals surface area contributed by atoms with Gasteiger partial charge >= 0.3 is 5.97 Å². The molecule has 0 spiro atoms. The van der Waals surface area contributed by atoms with E-state index < -0.39 is 5.97 Å². The summed E-state index contributed by atoms with van der Waals surface area (Å²) >= 11 is 0. The van der Waals surface area contributed by atoms with Crippen molar-refractivity contribution in [3.63, 3.8) is 0 Å². The standard InChI is InChI=1S/C20H24N2O4/c1-14(23)22-11-8-16-4-2-3-5-17(16)18(22)13-19(24)21-9-6-15(7-10-21)12-20(25)26/h2-5,8,11,15,18H,6-7,9-10,12-13H2,1H3,(H,25,26). The Morgan fingerprint density at radius 3 is 2.46 bits per heavy atom. The number of carboxylic acid groups (broad SMARTS) is 1. The Hall–Kier alpha value is -2.63. The third-order valence-electron chi connectivity index (χ3n) is 5.27. The van der Waals surface area contributed by atoms with E-state index in [1.807, 2.05) is 30.3 Å². The molecular weight excluding hydrogens is 332 g/mol. The fourth-order valence-electron chi connectivity index (χ4n) is 3.84. The number of aliphatic carboxylic acids is 1. The summed E-state index contributed by atoms with van der Waals surface area (Å²) in [7, 11) is 0. The summed E-state index contributed by atoms with van der Waals surface area (Å²) in [4.78, 5) is 39.1. The second kappa shape index (κ2) is 7.72. The Labute approximate surface area is 153 Å². The van der Waals surface area contributed by atoms with Crippen LogP contribution in [-0.2, 0) is 14.4 Å². The minimum absolute atomic E-state index is 0.0140. The van der Waals surface area contributed by atoms with Gasteiger partial charge in [0.05, 0.1) is 12.5 Å². The average Bonchev–Trinajstić information content (AvgIpc) is 2.61. The second-order valence-electron chi connectivity index (χ2n) is 7.01. The van der Waals surface area contributed by atoms with Crippen LogP contribution in [0.2, 0.25) is 0 Å². The van der Waals surface area contributed by atoms with Crippen LogP contribution in [0.4, 0.5) is 0 Å². The third kappa shape index (κ3) is 3.95. The number of benzene rings is 1. The molecular formula is C20H24N2O4. The van der Waals surface area contributed by atoms with Gasteiger partial charge in [0.2, 0.25) is 11.8 Å². The highest BCUT2D eigenvalue weighted by atomic mass is 16.4. The Morgan fingerprint density at radius 1 is 1.12 bits per heavy atom. The van der Waals surface area contributed by atoms with Gasteiger partial charge in [0.25, 0.3) is 0 Å². The van der Waals surface area contributed by atoms with E-state index in [1.165, 1.54) is 6.92 Å². The van der Waals surface area contributed by atoms with Crippen LogP contribution >= 0.6 is 0 Å². The number of carboxylic acids is 1. The van der Waals surface area contributed by atoms with Gasteiger partial charge in [0.1, 0.15) is 0 Å². The van der Waals surface area contributed by atoms with Crippen molar-refractivity contribution in [2.24, 2.45) is 5.92 Å². The summed E-state index contributed by atoms with van der Waals surface area (Å²) in [6.07, 6.45) is 5.49. The first-order chi connectivity index (χ1) is 12.5. The topological polar surface area (TPSA) is 77.9 Å². The van der Waals surface area contributed by atoms with Crippen molar-refractivity contribution in [1.82, 2.24) is 9.80 Å². The molecule has 1 aromatic rings. The smallest absolute Gasteiger partial charge is 0.303 e. The van der Waals surface area contributed by atoms with Crippen LogP contribution in [0.1, 0.15) is 49.8 Å². The first-order valence-corrected chi connectivity index (χ1v) is 9.01. The maximum absolute atomic E-state index is 12.8. The molecule has 2 heterocycles. The van der Waals surface area contributed by atoms with Crippen LogP contribution in [0.3, 0.4) is 0 Å². The minimum Gasteiger partial charge on any atom is -0.481 e. The quantitative estimate of drug-likeness (QED) is 0.900. The predicted molar refractivity (Wildman–Crippen MR) is 96.9 cm³/mol. The average molecular weight is 356 g/mol. The van der Waals surface area contributed by atoms with Gasteiger partial charge in [0, 0.05) is 32.6 Å². The van der Waals surface area contributed by atoms with Crippen molar-refractivity contribution in [3.8, 4) is 0 Å². The van der Waals surface area contributed by atoms with Gasteiger partial charge in [-0.05, 0) is 36.0 Å². The molecule has 2 aliphatic heterocycles.